The molecule has 0 aliphatic carbocycles. The maximum absolute atomic E-state index is 14.3. The quantitative estimate of drug-likeness (QED) is 0.490. The number of esters is 1. The Balaban J connectivity index is 2.17. The fourth-order valence-electron chi connectivity index (χ4n) is 3.61. The molecule has 0 radical (unpaired) electrons. The van der Waals surface area contributed by atoms with Crippen LogP contribution < -0.4 is 10.5 Å². The Morgan fingerprint density at radius 2 is 1.88 bits per heavy atom. The molecule has 182 valence electrons. The molecule has 1 aromatic heterocycles. The normalized spacial score (nSPS) is 12.9. The van der Waals surface area contributed by atoms with E-state index in [1.54, 1.807) is 56.5 Å². The lowest BCUT2D eigenvalue weighted by molar-refractivity contribution is 0.0601. The summed E-state index contributed by atoms with van der Waals surface area (Å²) in [5.41, 5.74) is 7.39. The predicted molar refractivity (Wildman–Crippen MR) is 130 cm³/mol. The number of nitrogens with two attached hydrogens (primary N) is 1. The van der Waals surface area contributed by atoms with Crippen molar-refractivity contribution in [3.8, 4) is 11.1 Å². The van der Waals surface area contributed by atoms with Crippen LogP contribution in [0.3, 0.4) is 0 Å². The lowest BCUT2D eigenvalue weighted by Gasteiger charge is -2.20. The molecule has 1 heterocycles. The highest BCUT2D eigenvalue weighted by atomic mass is 32.2. The van der Waals surface area contributed by atoms with Gasteiger partial charge in [-0.2, -0.15) is 0 Å². The van der Waals surface area contributed by atoms with Gasteiger partial charge >= 0.3 is 5.97 Å². The number of nitrogens with one attached hydrogen (secondary N) is 1. The molecule has 0 aliphatic heterocycles. The number of aryl methyl sites for hydroxylation is 1. The highest BCUT2D eigenvalue weighted by Gasteiger charge is 2.23. The second kappa shape index (κ2) is 9.65. The van der Waals surface area contributed by atoms with Crippen molar-refractivity contribution in [2.75, 3.05) is 13.7 Å². The number of hydrogen-bond acceptors (Lipinski definition) is 6. The average molecular weight is 489 g/mol. The molecular weight excluding hydrogens is 459 g/mol. The highest BCUT2D eigenvalue weighted by Crippen LogP contribution is 2.32. The Bertz CT molecular complexity index is 1350. The number of aromatic nitrogens is 2. The molecule has 0 aliphatic rings. The van der Waals surface area contributed by atoms with Crippen LogP contribution in [0.4, 0.5) is 4.39 Å². The van der Waals surface area contributed by atoms with E-state index in [1.807, 2.05) is 0 Å². The van der Waals surface area contributed by atoms with Gasteiger partial charge in [0.15, 0.2) is 0 Å². The van der Waals surface area contributed by atoms with Crippen LogP contribution in [0.15, 0.2) is 53.2 Å². The van der Waals surface area contributed by atoms with Crippen LogP contribution >= 0.6 is 0 Å². The molecule has 3 N–H and O–H groups in total. The molecule has 3 aromatic rings. The van der Waals surface area contributed by atoms with Gasteiger partial charge in [0.25, 0.3) is 0 Å². The number of methoxy groups -OCH3 is 1. The van der Waals surface area contributed by atoms with Gasteiger partial charge in [0, 0.05) is 17.6 Å². The van der Waals surface area contributed by atoms with Gasteiger partial charge in [-0.25, -0.2) is 27.3 Å². The van der Waals surface area contributed by atoms with E-state index >= 15 is 0 Å². The zero-order chi connectivity index (χ0) is 25.3. The Labute approximate surface area is 198 Å². The number of rotatable bonds is 7. The number of carbonyl (C=O) groups is 1. The largest absolute Gasteiger partial charge is 0.465 e. The molecule has 8 nitrogen and oxygen atoms in total. The summed E-state index contributed by atoms with van der Waals surface area (Å²) in [4.78, 5) is 17.1. The zero-order valence-corrected chi connectivity index (χ0v) is 20.7. The van der Waals surface area contributed by atoms with Crippen molar-refractivity contribution >= 4 is 27.0 Å². The van der Waals surface area contributed by atoms with Gasteiger partial charge in [-0.3, -0.25) is 0 Å². The minimum Gasteiger partial charge on any atom is -0.465 e. The molecule has 0 unspecified atom stereocenters. The summed E-state index contributed by atoms with van der Waals surface area (Å²) in [6.45, 7) is 7.01. The van der Waals surface area contributed by atoms with Crippen LogP contribution in [0.2, 0.25) is 0 Å². The van der Waals surface area contributed by atoms with Gasteiger partial charge in [-0.15, -0.1) is 0 Å². The highest BCUT2D eigenvalue weighted by molar-refractivity contribution is 7.89. The van der Waals surface area contributed by atoms with Crippen LogP contribution in [-0.2, 0) is 21.3 Å². The van der Waals surface area contributed by atoms with Crippen LogP contribution in [0.1, 0.15) is 37.0 Å². The molecule has 3 rings (SSSR count). The first-order chi connectivity index (χ1) is 15.9. The minimum absolute atomic E-state index is 0.0650. The third-order valence-electron chi connectivity index (χ3n) is 5.03. The fraction of sp³-hybridized carbons (Fsp3) is 0.333. The third-order valence-corrected chi connectivity index (χ3v) is 6.80. The summed E-state index contributed by atoms with van der Waals surface area (Å²) in [5.74, 6) is -0.427. The Kier molecular flexibility index (Phi) is 7.25. The smallest absolute Gasteiger partial charge is 0.337 e. The summed E-state index contributed by atoms with van der Waals surface area (Å²) in [7, 11) is -2.43. The van der Waals surface area contributed by atoms with Crippen molar-refractivity contribution in [3.63, 3.8) is 0 Å². The zero-order valence-electron chi connectivity index (χ0n) is 19.8. The first-order valence-corrected chi connectivity index (χ1v) is 12.1. The Morgan fingerprint density at radius 1 is 1.24 bits per heavy atom. The number of benzene rings is 2. The van der Waals surface area contributed by atoms with Crippen molar-refractivity contribution in [3.05, 3.63) is 59.7 Å². The standard InChI is InChI=1S/C24H29FN4O4S/c1-15-27-22-20(16-6-8-19(9-7-16)34(31,32)28-24(2,3)4)12-17(23(30)33-5)13-21(22)29(15)14-18(25)10-11-26/h6-10,12-13,28H,11,14,26H2,1-5H3. The molecule has 2 aromatic carbocycles. The number of allylic oxidation sites excluding steroid dienone is 1. The molecule has 0 spiro atoms. The second-order valence-corrected chi connectivity index (χ2v) is 10.6. The van der Waals surface area contributed by atoms with Gasteiger partial charge in [-0.1, -0.05) is 12.1 Å². The van der Waals surface area contributed by atoms with E-state index in [2.05, 4.69) is 9.71 Å². The molecule has 10 heteroatoms. The Hall–Kier alpha value is -3.08. The molecule has 0 saturated carbocycles. The molecular formula is C24H29FN4O4S. The number of carbonyl (C=O) groups excluding carboxylic acids is 1. The van der Waals surface area contributed by atoms with Crippen LogP contribution in [0.5, 0.6) is 0 Å². The second-order valence-electron chi connectivity index (χ2n) is 8.89. The SMILES string of the molecule is COC(=O)c1cc(-c2ccc(S(=O)(=O)NC(C)(C)C)cc2)c2nc(C)n(CC(F)=CCN)c2c1. The summed E-state index contributed by atoms with van der Waals surface area (Å²) in [5, 5.41) is 0. The summed E-state index contributed by atoms with van der Waals surface area (Å²) < 4.78 is 48.8. The van der Waals surface area contributed by atoms with E-state index in [0.717, 1.165) is 0 Å². The lowest BCUT2D eigenvalue weighted by Crippen LogP contribution is -2.40. The van der Waals surface area contributed by atoms with Crippen LogP contribution in [0, 0.1) is 6.92 Å². The van der Waals surface area contributed by atoms with Crippen molar-refractivity contribution in [2.45, 2.75) is 44.7 Å². The van der Waals surface area contributed by atoms with E-state index in [0.29, 0.717) is 28.0 Å². The van der Waals surface area contributed by atoms with Gasteiger partial charge in [0.05, 0.1) is 35.1 Å². The first-order valence-electron chi connectivity index (χ1n) is 10.6. The van der Waals surface area contributed by atoms with E-state index in [9.17, 15) is 17.6 Å². The van der Waals surface area contributed by atoms with E-state index in [1.165, 1.54) is 25.3 Å². The third kappa shape index (κ3) is 5.52. The number of fused-ring (bicyclic) bond motifs is 1. The van der Waals surface area contributed by atoms with Crippen LogP contribution in [0.25, 0.3) is 22.2 Å². The lowest BCUT2D eigenvalue weighted by atomic mass is 10.0. The van der Waals surface area contributed by atoms with Crippen molar-refractivity contribution in [2.24, 2.45) is 5.73 Å². The summed E-state index contributed by atoms with van der Waals surface area (Å²) >= 11 is 0. The number of hydrogen-bond donors (Lipinski definition) is 2. The fourth-order valence-corrected chi connectivity index (χ4v) is 5.03. The monoisotopic (exact) mass is 488 g/mol. The van der Waals surface area contributed by atoms with Gasteiger partial charge < -0.3 is 15.0 Å². The van der Waals surface area contributed by atoms with E-state index in [-0.39, 0.29) is 23.5 Å². The number of halogens is 1. The molecule has 0 bridgehead atoms. The number of nitrogens with zero attached hydrogens (tertiary/aromatic N) is 2. The van der Waals surface area contributed by atoms with Gasteiger partial charge in [0.2, 0.25) is 10.0 Å². The molecule has 34 heavy (non-hydrogen) atoms. The summed E-state index contributed by atoms with van der Waals surface area (Å²) in [6.07, 6.45) is 1.28. The Morgan fingerprint density at radius 3 is 2.44 bits per heavy atom. The van der Waals surface area contributed by atoms with E-state index in [4.69, 9.17) is 10.5 Å². The van der Waals surface area contributed by atoms with Gasteiger partial charge in [0.1, 0.15) is 11.7 Å². The maximum atomic E-state index is 14.3. The molecule has 0 amide bonds. The molecule has 0 atom stereocenters. The van der Waals surface area contributed by atoms with Crippen molar-refractivity contribution in [1.29, 1.82) is 0 Å². The van der Waals surface area contributed by atoms with Crippen molar-refractivity contribution in [1.82, 2.24) is 14.3 Å². The number of ether oxygens (including phenoxy) is 1. The first kappa shape index (κ1) is 25.5. The van der Waals surface area contributed by atoms with Crippen molar-refractivity contribution < 1.29 is 22.3 Å². The number of sulfonamides is 1. The average Bonchev–Trinajstić information content (AvgIpc) is 3.06. The maximum Gasteiger partial charge on any atom is 0.337 e. The predicted octanol–water partition coefficient (Wildman–Crippen LogP) is 3.69. The minimum atomic E-state index is -3.71. The number of imidazole rings is 1. The molecule has 0 fully saturated rings. The topological polar surface area (TPSA) is 116 Å². The summed E-state index contributed by atoms with van der Waals surface area (Å²) in [6, 6.07) is 9.52. The van der Waals surface area contributed by atoms with Crippen LogP contribution in [-0.4, -0.2) is 43.1 Å². The van der Waals surface area contributed by atoms with Gasteiger partial charge in [-0.05, 0) is 63.6 Å². The molecule has 0 saturated heterocycles. The van der Waals surface area contributed by atoms with E-state index < -0.39 is 27.4 Å².